The highest BCUT2D eigenvalue weighted by molar-refractivity contribution is 6.44. The number of hydrogen-bond acceptors (Lipinski definition) is 6. The zero-order valence-electron chi connectivity index (χ0n) is 19.2. The summed E-state index contributed by atoms with van der Waals surface area (Å²) in [5, 5.41) is 25.1. The highest BCUT2D eigenvalue weighted by Crippen LogP contribution is 2.44. The number of amides is 2. The van der Waals surface area contributed by atoms with Crippen molar-refractivity contribution in [2.24, 2.45) is 0 Å². The Kier molecular flexibility index (Phi) is 6.03. The van der Waals surface area contributed by atoms with Crippen molar-refractivity contribution in [3.8, 4) is 6.07 Å². The minimum atomic E-state index is -0.736. The molecule has 34 heavy (non-hydrogen) atoms. The molecule has 0 spiro atoms. The summed E-state index contributed by atoms with van der Waals surface area (Å²) < 4.78 is 1.77. The molecule has 1 fully saturated rings. The molecular formula is C24H25N7O3. The Hall–Kier alpha value is -4.26. The van der Waals surface area contributed by atoms with Crippen LogP contribution in [0.5, 0.6) is 0 Å². The number of hydrogen-bond donors (Lipinski definition) is 3. The Balaban J connectivity index is 1.65. The number of ketones is 1. The first-order valence-electron chi connectivity index (χ1n) is 11.1. The quantitative estimate of drug-likeness (QED) is 0.349. The van der Waals surface area contributed by atoms with E-state index >= 15 is 0 Å². The molecule has 0 bridgehead atoms. The van der Waals surface area contributed by atoms with Gasteiger partial charge in [-0.2, -0.15) is 20.7 Å². The lowest BCUT2D eigenvalue weighted by Crippen LogP contribution is -2.40. The van der Waals surface area contributed by atoms with Crippen LogP contribution in [0.15, 0.2) is 30.5 Å². The first kappa shape index (κ1) is 22.9. The smallest absolute Gasteiger partial charge is 0.293 e. The van der Waals surface area contributed by atoms with Crippen molar-refractivity contribution in [2.45, 2.75) is 52.1 Å². The monoisotopic (exact) mass is 459 g/mol. The Morgan fingerprint density at radius 2 is 2.03 bits per heavy atom. The van der Waals surface area contributed by atoms with Gasteiger partial charge < -0.3 is 15.2 Å². The van der Waals surface area contributed by atoms with Gasteiger partial charge in [-0.05, 0) is 56.9 Å². The topological polar surface area (TPSA) is 146 Å². The Morgan fingerprint density at radius 3 is 2.62 bits per heavy atom. The van der Waals surface area contributed by atoms with Crippen molar-refractivity contribution >= 4 is 23.3 Å². The highest BCUT2D eigenvalue weighted by Gasteiger charge is 2.49. The summed E-state index contributed by atoms with van der Waals surface area (Å²) in [7, 11) is 0. The van der Waals surface area contributed by atoms with Gasteiger partial charge in [-0.1, -0.05) is 13.0 Å². The molecule has 2 amide bonds. The molecular weight excluding hydrogens is 434 g/mol. The summed E-state index contributed by atoms with van der Waals surface area (Å²) in [5.74, 6) is -1.83. The number of nitrogens with one attached hydrogen (secondary N) is 3. The van der Waals surface area contributed by atoms with Crippen molar-refractivity contribution in [3.63, 3.8) is 0 Å². The van der Waals surface area contributed by atoms with Gasteiger partial charge >= 0.3 is 0 Å². The number of rotatable bonds is 8. The van der Waals surface area contributed by atoms with E-state index in [0.29, 0.717) is 59.7 Å². The number of aromatic amines is 1. The highest BCUT2D eigenvalue weighted by atomic mass is 16.2. The maximum Gasteiger partial charge on any atom is 0.293 e. The zero-order valence-corrected chi connectivity index (χ0v) is 19.2. The van der Waals surface area contributed by atoms with Gasteiger partial charge in [0.2, 0.25) is 0 Å². The van der Waals surface area contributed by atoms with E-state index in [1.54, 1.807) is 35.8 Å². The summed E-state index contributed by atoms with van der Waals surface area (Å²) in [6.07, 6.45) is 3.35. The van der Waals surface area contributed by atoms with Gasteiger partial charge in [-0.3, -0.25) is 14.4 Å². The third kappa shape index (κ3) is 3.96. The molecule has 2 heterocycles. The molecule has 3 aromatic rings. The molecule has 1 saturated carbocycles. The molecule has 0 radical (unpaired) electrons. The molecule has 0 atom stereocenters. The van der Waals surface area contributed by atoms with Crippen LogP contribution in [0.4, 0.5) is 5.69 Å². The molecule has 3 N–H and O–H groups in total. The Labute approximate surface area is 196 Å². The summed E-state index contributed by atoms with van der Waals surface area (Å²) >= 11 is 0. The fraction of sp³-hybridized carbons (Fsp3) is 0.333. The van der Waals surface area contributed by atoms with Crippen molar-refractivity contribution in [2.75, 3.05) is 5.32 Å². The fourth-order valence-electron chi connectivity index (χ4n) is 4.36. The summed E-state index contributed by atoms with van der Waals surface area (Å²) in [6, 6.07) is 8.63. The third-order valence-electron chi connectivity index (χ3n) is 6.17. The van der Waals surface area contributed by atoms with Gasteiger partial charge in [-0.15, -0.1) is 0 Å². The number of nitriles is 1. The molecule has 2 aromatic heterocycles. The van der Waals surface area contributed by atoms with Crippen LogP contribution in [0.2, 0.25) is 0 Å². The van der Waals surface area contributed by atoms with Crippen LogP contribution in [-0.4, -0.2) is 37.6 Å². The minimum Gasteiger partial charge on any atom is -0.340 e. The van der Waals surface area contributed by atoms with Crippen LogP contribution in [0, 0.1) is 18.3 Å². The van der Waals surface area contributed by atoms with Crippen LogP contribution >= 0.6 is 0 Å². The standard InChI is InChI=1S/C24H25N7O3/c1-4-17-19(21(32)23(34)28-24(9-10-24)18-13-26-30-29-18)14(3)20(31(17)5-2)22(33)27-16-8-6-7-15(11-16)12-25/h6-8,11,13H,4-5,9-10H2,1-3H3,(H,27,33)(H,28,34)(H,26,29,30). The molecule has 0 saturated heterocycles. The second-order valence-electron chi connectivity index (χ2n) is 8.26. The first-order valence-corrected chi connectivity index (χ1v) is 11.1. The van der Waals surface area contributed by atoms with E-state index in [4.69, 9.17) is 5.26 Å². The lowest BCUT2D eigenvalue weighted by Gasteiger charge is -2.14. The summed E-state index contributed by atoms with van der Waals surface area (Å²) in [6.45, 7) is 5.88. The number of benzene rings is 1. The number of aromatic nitrogens is 4. The van der Waals surface area contributed by atoms with Crippen molar-refractivity contribution in [1.82, 2.24) is 25.3 Å². The number of carbonyl (C=O) groups is 3. The number of Topliss-reactive ketones (excluding diaryl/α,β-unsaturated/α-hetero) is 1. The summed E-state index contributed by atoms with van der Waals surface area (Å²) in [4.78, 5) is 39.6. The fourth-order valence-corrected chi connectivity index (χ4v) is 4.36. The molecule has 4 rings (SSSR count). The number of carbonyl (C=O) groups excluding carboxylic acids is 3. The minimum absolute atomic E-state index is 0.244. The predicted molar refractivity (Wildman–Crippen MR) is 123 cm³/mol. The van der Waals surface area contributed by atoms with Gasteiger partial charge in [0.05, 0.1) is 28.9 Å². The SMILES string of the molecule is CCc1c(C(=O)C(=O)NC2(c3cn[nH]n3)CC2)c(C)c(C(=O)Nc2cccc(C#N)c2)n1CC. The van der Waals surface area contributed by atoms with E-state index in [-0.39, 0.29) is 5.56 Å². The Bertz CT molecular complexity index is 1310. The van der Waals surface area contributed by atoms with Gasteiger partial charge in [0.15, 0.2) is 0 Å². The number of nitrogens with zero attached hydrogens (tertiary/aromatic N) is 4. The summed E-state index contributed by atoms with van der Waals surface area (Å²) in [5.41, 5.74) is 2.43. The third-order valence-corrected chi connectivity index (χ3v) is 6.17. The largest absolute Gasteiger partial charge is 0.340 e. The van der Waals surface area contributed by atoms with E-state index in [0.717, 1.165) is 0 Å². The van der Waals surface area contributed by atoms with E-state index in [2.05, 4.69) is 26.0 Å². The van der Waals surface area contributed by atoms with E-state index in [1.165, 1.54) is 6.20 Å². The predicted octanol–water partition coefficient (Wildman–Crippen LogP) is 2.61. The lowest BCUT2D eigenvalue weighted by atomic mass is 10.0. The molecule has 174 valence electrons. The maximum atomic E-state index is 13.3. The molecule has 0 aliphatic heterocycles. The maximum absolute atomic E-state index is 13.3. The average molecular weight is 460 g/mol. The average Bonchev–Trinajstić information content (AvgIpc) is 3.28. The molecule has 0 unspecified atom stereocenters. The number of anilines is 1. The van der Waals surface area contributed by atoms with Crippen LogP contribution in [0.3, 0.4) is 0 Å². The Morgan fingerprint density at radius 1 is 1.26 bits per heavy atom. The lowest BCUT2D eigenvalue weighted by molar-refractivity contribution is -0.118. The van der Waals surface area contributed by atoms with Gasteiger partial charge in [-0.25, -0.2) is 0 Å². The van der Waals surface area contributed by atoms with Gasteiger partial charge in [0, 0.05) is 17.9 Å². The van der Waals surface area contributed by atoms with E-state index < -0.39 is 23.1 Å². The number of H-pyrrole nitrogens is 1. The van der Waals surface area contributed by atoms with E-state index in [1.807, 2.05) is 19.9 Å². The molecule has 1 aliphatic rings. The first-order chi connectivity index (χ1) is 16.3. The van der Waals surface area contributed by atoms with Crippen LogP contribution in [0.25, 0.3) is 0 Å². The normalized spacial score (nSPS) is 13.7. The van der Waals surface area contributed by atoms with Crippen molar-refractivity contribution in [3.05, 3.63) is 64.2 Å². The van der Waals surface area contributed by atoms with Crippen molar-refractivity contribution in [1.29, 1.82) is 5.26 Å². The van der Waals surface area contributed by atoms with Gasteiger partial charge in [0.25, 0.3) is 17.6 Å². The van der Waals surface area contributed by atoms with Gasteiger partial charge in [0.1, 0.15) is 11.4 Å². The van der Waals surface area contributed by atoms with Crippen LogP contribution in [-0.2, 0) is 23.3 Å². The zero-order chi connectivity index (χ0) is 24.5. The second-order valence-corrected chi connectivity index (χ2v) is 8.26. The van der Waals surface area contributed by atoms with Crippen LogP contribution in [0.1, 0.15) is 70.1 Å². The molecule has 10 nitrogen and oxygen atoms in total. The molecule has 1 aromatic carbocycles. The molecule has 10 heteroatoms. The van der Waals surface area contributed by atoms with E-state index in [9.17, 15) is 14.4 Å². The second kappa shape index (κ2) is 8.94. The van der Waals surface area contributed by atoms with Crippen molar-refractivity contribution < 1.29 is 14.4 Å². The van der Waals surface area contributed by atoms with Crippen LogP contribution < -0.4 is 10.6 Å². The molecule has 1 aliphatic carbocycles.